The molecule has 0 N–H and O–H groups in total. The average molecular weight is 364 g/mol. The fourth-order valence-corrected chi connectivity index (χ4v) is 3.38. The van der Waals surface area contributed by atoms with Crippen molar-refractivity contribution in [3.63, 3.8) is 0 Å². The van der Waals surface area contributed by atoms with Gasteiger partial charge in [0.15, 0.2) is 0 Å². The van der Waals surface area contributed by atoms with E-state index in [0.717, 1.165) is 11.1 Å². The molecule has 0 amide bonds. The summed E-state index contributed by atoms with van der Waals surface area (Å²) in [7, 11) is 1.39. The van der Waals surface area contributed by atoms with Gasteiger partial charge in [-0.3, -0.25) is 0 Å². The highest BCUT2D eigenvalue weighted by Gasteiger charge is 2.07. The first kappa shape index (κ1) is 17.7. The Bertz CT molecular complexity index is 1150. The van der Waals surface area contributed by atoms with Crippen molar-refractivity contribution in [2.45, 2.75) is 0 Å². The molecule has 28 heavy (non-hydrogen) atoms. The maximum absolute atomic E-state index is 11.6. The lowest BCUT2D eigenvalue weighted by molar-refractivity contribution is 0.0600. The summed E-state index contributed by atoms with van der Waals surface area (Å²) >= 11 is 0. The van der Waals surface area contributed by atoms with E-state index in [4.69, 9.17) is 4.74 Å². The van der Waals surface area contributed by atoms with Gasteiger partial charge in [-0.1, -0.05) is 91.0 Å². The highest BCUT2D eigenvalue weighted by atomic mass is 16.5. The second-order valence-corrected chi connectivity index (χ2v) is 6.56. The van der Waals surface area contributed by atoms with Crippen LogP contribution in [0.3, 0.4) is 0 Å². The Hall–Kier alpha value is -3.65. The van der Waals surface area contributed by atoms with E-state index in [1.807, 2.05) is 12.1 Å². The summed E-state index contributed by atoms with van der Waals surface area (Å²) in [5.74, 6) is -0.322. The number of carbonyl (C=O) groups excluding carboxylic acids is 1. The van der Waals surface area contributed by atoms with E-state index in [-0.39, 0.29) is 5.97 Å². The van der Waals surface area contributed by atoms with Crippen molar-refractivity contribution in [2.24, 2.45) is 0 Å². The normalized spacial score (nSPS) is 11.0. The minimum Gasteiger partial charge on any atom is -0.465 e. The van der Waals surface area contributed by atoms with Crippen LogP contribution in [-0.2, 0) is 4.74 Å². The van der Waals surface area contributed by atoms with Gasteiger partial charge in [0, 0.05) is 0 Å². The molecule has 0 bridgehead atoms. The topological polar surface area (TPSA) is 26.3 Å². The summed E-state index contributed by atoms with van der Waals surface area (Å²) < 4.78 is 4.75. The molecule has 136 valence electrons. The number of benzene rings is 4. The fraction of sp³-hybridized carbons (Fsp3) is 0.0385. The van der Waals surface area contributed by atoms with E-state index >= 15 is 0 Å². The van der Waals surface area contributed by atoms with Crippen molar-refractivity contribution >= 4 is 28.9 Å². The van der Waals surface area contributed by atoms with Gasteiger partial charge in [-0.25, -0.2) is 4.79 Å². The summed E-state index contributed by atoms with van der Waals surface area (Å²) in [4.78, 5) is 11.6. The first-order chi connectivity index (χ1) is 13.8. The van der Waals surface area contributed by atoms with E-state index in [1.165, 1.54) is 29.0 Å². The van der Waals surface area contributed by atoms with Gasteiger partial charge in [0.1, 0.15) is 0 Å². The number of esters is 1. The minimum atomic E-state index is -0.322. The van der Waals surface area contributed by atoms with Crippen LogP contribution >= 0.6 is 0 Å². The van der Waals surface area contributed by atoms with Crippen LogP contribution < -0.4 is 0 Å². The lowest BCUT2D eigenvalue weighted by Crippen LogP contribution is -2.00. The van der Waals surface area contributed by atoms with Crippen LogP contribution in [0.4, 0.5) is 0 Å². The van der Waals surface area contributed by atoms with Gasteiger partial charge in [0.2, 0.25) is 0 Å². The highest BCUT2D eigenvalue weighted by Crippen LogP contribution is 2.31. The maximum Gasteiger partial charge on any atom is 0.337 e. The summed E-state index contributed by atoms with van der Waals surface area (Å²) in [6, 6.07) is 30.6. The Labute approximate surface area is 164 Å². The van der Waals surface area contributed by atoms with Crippen molar-refractivity contribution < 1.29 is 9.53 Å². The summed E-state index contributed by atoms with van der Waals surface area (Å²) in [5.41, 5.74) is 5.15. The molecule has 0 aliphatic rings. The number of rotatable bonds is 4. The molecule has 0 atom stereocenters. The van der Waals surface area contributed by atoms with Crippen LogP contribution in [0.1, 0.15) is 21.5 Å². The van der Waals surface area contributed by atoms with Crippen molar-refractivity contribution in [1.82, 2.24) is 0 Å². The molecule has 0 heterocycles. The van der Waals surface area contributed by atoms with Gasteiger partial charge >= 0.3 is 5.97 Å². The third-order valence-corrected chi connectivity index (χ3v) is 4.83. The van der Waals surface area contributed by atoms with E-state index in [9.17, 15) is 4.79 Å². The fourth-order valence-electron chi connectivity index (χ4n) is 3.38. The molecule has 2 heteroatoms. The molecule has 4 aromatic carbocycles. The van der Waals surface area contributed by atoms with Crippen LogP contribution in [-0.4, -0.2) is 13.1 Å². The van der Waals surface area contributed by atoms with E-state index in [1.54, 1.807) is 12.1 Å². The first-order valence-corrected chi connectivity index (χ1v) is 9.20. The predicted molar refractivity (Wildman–Crippen MR) is 116 cm³/mol. The van der Waals surface area contributed by atoms with Gasteiger partial charge in [-0.2, -0.15) is 0 Å². The minimum absolute atomic E-state index is 0.322. The molecule has 0 aliphatic carbocycles. The molecule has 0 spiro atoms. The Kier molecular flexibility index (Phi) is 5.03. The standard InChI is InChI=1S/C26H20O2/c1-28-26(27)22-17-14-19(15-18-22)13-16-21-8-3-5-11-24(21)25-12-6-9-20-7-2-4-10-23(20)25/h2-18H,1H3/b16-13+. The Morgan fingerprint density at radius 3 is 2.21 bits per heavy atom. The number of hydrogen-bond donors (Lipinski definition) is 0. The highest BCUT2D eigenvalue weighted by molar-refractivity contribution is 5.99. The van der Waals surface area contributed by atoms with E-state index < -0.39 is 0 Å². The first-order valence-electron chi connectivity index (χ1n) is 9.20. The Morgan fingerprint density at radius 1 is 0.714 bits per heavy atom. The molecule has 4 aromatic rings. The smallest absolute Gasteiger partial charge is 0.337 e. The van der Waals surface area contributed by atoms with Crippen LogP contribution in [0.15, 0.2) is 91.0 Å². The van der Waals surface area contributed by atoms with Crippen LogP contribution in [0.5, 0.6) is 0 Å². The SMILES string of the molecule is COC(=O)c1ccc(/C=C/c2ccccc2-c2cccc3ccccc23)cc1. The molecule has 0 aromatic heterocycles. The number of ether oxygens (including phenoxy) is 1. The monoisotopic (exact) mass is 364 g/mol. The zero-order valence-corrected chi connectivity index (χ0v) is 15.6. The molecule has 0 saturated carbocycles. The average Bonchev–Trinajstić information content (AvgIpc) is 2.77. The molecule has 0 saturated heterocycles. The van der Waals surface area contributed by atoms with Crippen LogP contribution in [0.2, 0.25) is 0 Å². The van der Waals surface area contributed by atoms with Crippen LogP contribution in [0.25, 0.3) is 34.1 Å². The van der Waals surface area contributed by atoms with E-state index in [0.29, 0.717) is 5.56 Å². The maximum atomic E-state index is 11.6. The number of fused-ring (bicyclic) bond motifs is 1. The summed E-state index contributed by atoms with van der Waals surface area (Å²) in [6.07, 6.45) is 4.18. The quantitative estimate of drug-likeness (QED) is 0.307. The lowest BCUT2D eigenvalue weighted by Gasteiger charge is -2.10. The molecular formula is C26H20O2. The van der Waals surface area contributed by atoms with Crippen molar-refractivity contribution in [2.75, 3.05) is 7.11 Å². The summed E-state index contributed by atoms with van der Waals surface area (Å²) in [5, 5.41) is 2.48. The van der Waals surface area contributed by atoms with Gasteiger partial charge in [0.05, 0.1) is 12.7 Å². The second kappa shape index (κ2) is 7.93. The van der Waals surface area contributed by atoms with E-state index in [2.05, 4.69) is 78.9 Å². The van der Waals surface area contributed by atoms with Crippen molar-refractivity contribution in [1.29, 1.82) is 0 Å². The second-order valence-electron chi connectivity index (χ2n) is 6.56. The van der Waals surface area contributed by atoms with Gasteiger partial charge in [-0.15, -0.1) is 0 Å². The van der Waals surface area contributed by atoms with Gasteiger partial charge < -0.3 is 4.74 Å². The molecular weight excluding hydrogens is 344 g/mol. The molecule has 4 rings (SSSR count). The molecule has 0 fully saturated rings. The number of methoxy groups -OCH3 is 1. The third kappa shape index (κ3) is 3.58. The lowest BCUT2D eigenvalue weighted by atomic mass is 9.94. The molecule has 0 aliphatic heterocycles. The Balaban J connectivity index is 1.70. The Morgan fingerprint density at radius 2 is 1.39 bits per heavy atom. The molecule has 0 radical (unpaired) electrons. The van der Waals surface area contributed by atoms with Gasteiger partial charge in [0.25, 0.3) is 0 Å². The largest absolute Gasteiger partial charge is 0.465 e. The third-order valence-electron chi connectivity index (χ3n) is 4.83. The van der Waals surface area contributed by atoms with Crippen molar-refractivity contribution in [3.8, 4) is 11.1 Å². The number of hydrogen-bond acceptors (Lipinski definition) is 2. The number of carbonyl (C=O) groups is 1. The summed E-state index contributed by atoms with van der Waals surface area (Å²) in [6.45, 7) is 0. The zero-order chi connectivity index (χ0) is 19.3. The van der Waals surface area contributed by atoms with Crippen molar-refractivity contribution in [3.05, 3.63) is 108 Å². The molecule has 0 unspecified atom stereocenters. The zero-order valence-electron chi connectivity index (χ0n) is 15.6. The van der Waals surface area contributed by atoms with Crippen LogP contribution in [0, 0.1) is 0 Å². The molecule has 2 nitrogen and oxygen atoms in total. The van der Waals surface area contributed by atoms with Gasteiger partial charge in [-0.05, 0) is 45.2 Å². The predicted octanol–water partition coefficient (Wildman–Crippen LogP) is 6.46.